The number of rotatable bonds is 3. The van der Waals surface area contributed by atoms with Crippen LogP contribution in [0.3, 0.4) is 0 Å². The molecule has 3 aromatic rings. The summed E-state index contributed by atoms with van der Waals surface area (Å²) in [4.78, 5) is 11.4. The van der Waals surface area contributed by atoms with Gasteiger partial charge in [-0.05, 0) is 26.3 Å². The Morgan fingerprint density at radius 3 is 2.60 bits per heavy atom. The Morgan fingerprint density at radius 2 is 1.90 bits per heavy atom. The second-order valence-electron chi connectivity index (χ2n) is 4.54. The Hall–Kier alpha value is -1.47. The molecule has 0 amide bonds. The number of hydrogen-bond donors (Lipinski definition) is 0. The first kappa shape index (κ1) is 13.5. The fraction of sp³-hybridized carbons (Fsp3) is 0.385. The molecule has 0 radical (unpaired) electrons. The van der Waals surface area contributed by atoms with Crippen molar-refractivity contribution in [3.8, 4) is 0 Å². The van der Waals surface area contributed by atoms with Gasteiger partial charge >= 0.3 is 0 Å². The maximum Gasteiger partial charge on any atom is 0.226 e. The third kappa shape index (κ3) is 2.43. The Bertz CT molecular complexity index is 778. The molecule has 0 fully saturated rings. The van der Waals surface area contributed by atoms with E-state index in [1.807, 2.05) is 6.92 Å². The largest absolute Gasteiger partial charge is 0.425 e. The van der Waals surface area contributed by atoms with Gasteiger partial charge in [0.1, 0.15) is 15.7 Å². The van der Waals surface area contributed by atoms with Crippen LogP contribution in [-0.4, -0.2) is 20.2 Å². The minimum Gasteiger partial charge on any atom is -0.425 e. The average Bonchev–Trinajstić information content (AvgIpc) is 2.92. The topological polar surface area (TPSA) is 64.7 Å². The average molecular weight is 306 g/mol. The molecule has 0 spiro atoms. The van der Waals surface area contributed by atoms with Crippen molar-refractivity contribution in [2.75, 3.05) is 0 Å². The SMILES string of the molecule is Cc1nc(SCc2nnc(C)o2)c2c(C)c(C)sc2n1. The molecule has 0 saturated heterocycles. The highest BCUT2D eigenvalue weighted by Crippen LogP contribution is 2.35. The molecule has 0 aliphatic heterocycles. The van der Waals surface area contributed by atoms with Crippen LogP contribution in [0.2, 0.25) is 0 Å². The zero-order chi connectivity index (χ0) is 14.3. The van der Waals surface area contributed by atoms with Crippen molar-refractivity contribution < 1.29 is 4.42 Å². The van der Waals surface area contributed by atoms with Crippen molar-refractivity contribution >= 4 is 33.3 Å². The molecule has 3 aromatic heterocycles. The van der Waals surface area contributed by atoms with E-state index in [9.17, 15) is 0 Å². The molecule has 0 aromatic carbocycles. The van der Waals surface area contributed by atoms with Gasteiger partial charge in [-0.3, -0.25) is 0 Å². The number of nitrogens with zero attached hydrogens (tertiary/aromatic N) is 4. The molecule has 7 heteroatoms. The second kappa shape index (κ2) is 5.14. The van der Waals surface area contributed by atoms with Crippen molar-refractivity contribution in [1.29, 1.82) is 0 Å². The quantitative estimate of drug-likeness (QED) is 0.544. The standard InChI is InChI=1S/C13H14N4OS2/c1-6-7(2)20-13-11(6)12(14-8(3)15-13)19-5-10-17-16-9(4)18-10/h5H2,1-4H3. The van der Waals surface area contributed by atoms with Gasteiger partial charge in [-0.25, -0.2) is 9.97 Å². The maximum absolute atomic E-state index is 5.40. The lowest BCUT2D eigenvalue weighted by Gasteiger charge is -2.03. The Labute approximate surface area is 124 Å². The van der Waals surface area contributed by atoms with E-state index in [1.165, 1.54) is 10.4 Å². The van der Waals surface area contributed by atoms with Gasteiger partial charge in [0.25, 0.3) is 0 Å². The van der Waals surface area contributed by atoms with E-state index in [-0.39, 0.29) is 0 Å². The van der Waals surface area contributed by atoms with E-state index in [4.69, 9.17) is 4.42 Å². The van der Waals surface area contributed by atoms with Gasteiger partial charge in [0.2, 0.25) is 11.8 Å². The summed E-state index contributed by atoms with van der Waals surface area (Å²) in [5, 5.41) is 10.00. The van der Waals surface area contributed by atoms with Crippen molar-refractivity contribution in [2.45, 2.75) is 38.5 Å². The van der Waals surface area contributed by atoms with Crippen LogP contribution >= 0.6 is 23.1 Å². The molecule has 0 aliphatic carbocycles. The normalized spacial score (nSPS) is 11.4. The first-order chi connectivity index (χ1) is 9.54. The van der Waals surface area contributed by atoms with E-state index in [0.717, 1.165) is 21.1 Å². The van der Waals surface area contributed by atoms with Gasteiger partial charge in [-0.1, -0.05) is 11.8 Å². The molecular weight excluding hydrogens is 292 g/mol. The van der Waals surface area contributed by atoms with Gasteiger partial charge in [-0.2, -0.15) is 0 Å². The van der Waals surface area contributed by atoms with Gasteiger partial charge in [0.05, 0.1) is 5.75 Å². The maximum atomic E-state index is 5.40. The van der Waals surface area contributed by atoms with Crippen molar-refractivity contribution in [3.05, 3.63) is 28.0 Å². The van der Waals surface area contributed by atoms with Crippen LogP contribution in [0.25, 0.3) is 10.2 Å². The Morgan fingerprint density at radius 1 is 1.10 bits per heavy atom. The summed E-state index contributed by atoms with van der Waals surface area (Å²) < 4.78 is 5.40. The van der Waals surface area contributed by atoms with E-state index in [1.54, 1.807) is 30.0 Å². The molecule has 0 saturated carbocycles. The lowest BCUT2D eigenvalue weighted by atomic mass is 10.2. The summed E-state index contributed by atoms with van der Waals surface area (Å²) in [6.07, 6.45) is 0. The number of aryl methyl sites for hydroxylation is 4. The number of thioether (sulfide) groups is 1. The van der Waals surface area contributed by atoms with Gasteiger partial charge < -0.3 is 4.42 Å². The summed E-state index contributed by atoms with van der Waals surface area (Å²) in [5.41, 5.74) is 1.26. The lowest BCUT2D eigenvalue weighted by molar-refractivity contribution is 0.485. The first-order valence-corrected chi connectivity index (χ1v) is 8.01. The summed E-state index contributed by atoms with van der Waals surface area (Å²) in [6.45, 7) is 7.95. The highest BCUT2D eigenvalue weighted by molar-refractivity contribution is 7.98. The lowest BCUT2D eigenvalue weighted by Crippen LogP contribution is -1.92. The smallest absolute Gasteiger partial charge is 0.226 e. The number of hydrogen-bond acceptors (Lipinski definition) is 7. The molecule has 0 unspecified atom stereocenters. The second-order valence-corrected chi connectivity index (χ2v) is 6.71. The van der Waals surface area contributed by atoms with Gasteiger partial charge in [0, 0.05) is 17.2 Å². The monoisotopic (exact) mass is 306 g/mol. The van der Waals surface area contributed by atoms with Crippen LogP contribution in [0.4, 0.5) is 0 Å². The van der Waals surface area contributed by atoms with Crippen LogP contribution < -0.4 is 0 Å². The van der Waals surface area contributed by atoms with Crippen LogP contribution in [-0.2, 0) is 5.75 Å². The summed E-state index contributed by atoms with van der Waals surface area (Å²) in [7, 11) is 0. The number of aromatic nitrogens is 4. The summed E-state index contributed by atoms with van der Waals surface area (Å²) >= 11 is 3.33. The fourth-order valence-electron chi connectivity index (χ4n) is 1.94. The zero-order valence-corrected chi connectivity index (χ0v) is 13.4. The Balaban J connectivity index is 1.97. The minimum absolute atomic E-state index is 0.590. The highest BCUT2D eigenvalue weighted by atomic mass is 32.2. The third-order valence-electron chi connectivity index (χ3n) is 3.01. The van der Waals surface area contributed by atoms with E-state index < -0.39 is 0 Å². The van der Waals surface area contributed by atoms with Crippen LogP contribution in [0, 0.1) is 27.7 Å². The number of thiophene rings is 1. The number of fused-ring (bicyclic) bond motifs is 1. The van der Waals surface area contributed by atoms with Crippen molar-refractivity contribution in [3.63, 3.8) is 0 Å². The van der Waals surface area contributed by atoms with E-state index in [2.05, 4.69) is 34.0 Å². The third-order valence-corrected chi connectivity index (χ3v) is 5.07. The van der Waals surface area contributed by atoms with Crippen molar-refractivity contribution in [2.24, 2.45) is 0 Å². The van der Waals surface area contributed by atoms with Crippen LogP contribution in [0.1, 0.15) is 28.0 Å². The van der Waals surface area contributed by atoms with E-state index >= 15 is 0 Å². The predicted molar refractivity (Wildman–Crippen MR) is 80.2 cm³/mol. The molecule has 0 bridgehead atoms. The fourth-order valence-corrected chi connectivity index (χ4v) is 4.05. The van der Waals surface area contributed by atoms with Gasteiger partial charge in [0.15, 0.2) is 0 Å². The van der Waals surface area contributed by atoms with Crippen molar-refractivity contribution in [1.82, 2.24) is 20.2 Å². The zero-order valence-electron chi connectivity index (χ0n) is 11.7. The molecule has 3 rings (SSSR count). The molecule has 0 aliphatic rings. The first-order valence-electron chi connectivity index (χ1n) is 6.20. The molecule has 5 nitrogen and oxygen atoms in total. The van der Waals surface area contributed by atoms with Crippen LogP contribution in [0.15, 0.2) is 9.44 Å². The Kier molecular flexibility index (Phi) is 3.47. The molecule has 0 atom stereocenters. The summed E-state index contributed by atoms with van der Waals surface area (Å²) in [5.74, 6) is 2.64. The summed E-state index contributed by atoms with van der Waals surface area (Å²) in [6, 6.07) is 0. The van der Waals surface area contributed by atoms with Crippen LogP contribution in [0.5, 0.6) is 0 Å². The van der Waals surface area contributed by atoms with Gasteiger partial charge in [-0.15, -0.1) is 21.5 Å². The predicted octanol–water partition coefficient (Wildman–Crippen LogP) is 3.60. The molecule has 0 N–H and O–H groups in total. The van der Waals surface area contributed by atoms with E-state index in [0.29, 0.717) is 17.5 Å². The minimum atomic E-state index is 0.590. The molecule has 20 heavy (non-hydrogen) atoms. The molecule has 3 heterocycles. The molecule has 104 valence electrons. The highest BCUT2D eigenvalue weighted by Gasteiger charge is 2.14. The molecular formula is C13H14N4OS2.